The zero-order valence-electron chi connectivity index (χ0n) is 20.5. The molecule has 1 unspecified atom stereocenters. The van der Waals surface area contributed by atoms with Crippen LogP contribution in [0.15, 0.2) is 48.7 Å². The normalized spacial score (nSPS) is 13.8. The van der Waals surface area contributed by atoms with Gasteiger partial charge in [-0.2, -0.15) is 9.19 Å². The van der Waals surface area contributed by atoms with E-state index in [1.807, 2.05) is 41.3 Å². The Hall–Kier alpha value is -4.00. The first-order valence-corrected chi connectivity index (χ1v) is 12.5. The van der Waals surface area contributed by atoms with Crippen LogP contribution in [0.5, 0.6) is 11.5 Å². The van der Waals surface area contributed by atoms with Crippen molar-refractivity contribution in [3.8, 4) is 22.8 Å². The zero-order chi connectivity index (χ0) is 26.1. The number of hydroxylamine groups is 1. The van der Waals surface area contributed by atoms with Gasteiger partial charge in [0, 0.05) is 32.4 Å². The summed E-state index contributed by atoms with van der Waals surface area (Å²) in [4.78, 5) is 16.1. The summed E-state index contributed by atoms with van der Waals surface area (Å²) in [7, 11) is 4.75. The Kier molecular flexibility index (Phi) is 6.78. The third-order valence-corrected chi connectivity index (χ3v) is 6.66. The molecule has 1 aliphatic rings. The smallest absolute Gasteiger partial charge is 0.325 e. The number of nitrogens with two attached hydrogens (primary N) is 1. The van der Waals surface area contributed by atoms with E-state index in [-0.39, 0.29) is 0 Å². The standard InChI is InChI=1S/C25H26N6O5S/c1-30(36-37(32)33)19-9-6-7-15-14-31(12-10-16(15)19)25-28-18-13-20(34-2)23(35-3)21(22(18)24(26)29-25)17-8-4-5-11-27-17/h4-9,11,13H,10,12,14H2,1-3H3,(H,32,33)(H2,26,28,29). The summed E-state index contributed by atoms with van der Waals surface area (Å²) in [5, 5.41) is 1.95. The average molecular weight is 523 g/mol. The van der Waals surface area contributed by atoms with Gasteiger partial charge in [0.1, 0.15) is 5.82 Å². The van der Waals surface area contributed by atoms with Crippen molar-refractivity contribution < 1.29 is 22.5 Å². The second-order valence-electron chi connectivity index (χ2n) is 8.38. The van der Waals surface area contributed by atoms with Crippen molar-refractivity contribution >= 4 is 39.7 Å². The molecule has 0 saturated carbocycles. The van der Waals surface area contributed by atoms with Crippen molar-refractivity contribution in [1.29, 1.82) is 0 Å². The Labute approximate surface area is 216 Å². The molecule has 0 saturated heterocycles. The molecule has 0 fully saturated rings. The van der Waals surface area contributed by atoms with Crippen LogP contribution in [0, 0.1) is 0 Å². The van der Waals surface area contributed by atoms with E-state index >= 15 is 0 Å². The molecule has 2 aromatic heterocycles. The van der Waals surface area contributed by atoms with E-state index in [0.29, 0.717) is 64.9 Å². The minimum Gasteiger partial charge on any atom is -0.493 e. The molecule has 2 aromatic carbocycles. The lowest BCUT2D eigenvalue weighted by molar-refractivity contribution is 0.294. The average Bonchev–Trinajstić information content (AvgIpc) is 2.91. The molecule has 0 aliphatic carbocycles. The number of rotatable bonds is 7. The summed E-state index contributed by atoms with van der Waals surface area (Å²) >= 11 is -2.41. The van der Waals surface area contributed by atoms with Crippen LogP contribution in [0.3, 0.4) is 0 Å². The molecule has 1 aliphatic heterocycles. The van der Waals surface area contributed by atoms with E-state index in [9.17, 15) is 4.21 Å². The SMILES string of the molecule is COc1cc2nc(N3CCc4c(cccc4N(C)OS(=O)O)C3)nc(N)c2c(-c2ccccn2)c1OC. The van der Waals surface area contributed by atoms with Gasteiger partial charge in [-0.3, -0.25) is 9.54 Å². The number of ether oxygens (including phenoxy) is 2. The van der Waals surface area contributed by atoms with Gasteiger partial charge in [-0.1, -0.05) is 18.2 Å². The van der Waals surface area contributed by atoms with Crippen LogP contribution >= 0.6 is 0 Å². The Morgan fingerprint density at radius 1 is 1.14 bits per heavy atom. The minimum atomic E-state index is -2.41. The maximum atomic E-state index is 11.1. The van der Waals surface area contributed by atoms with Crippen molar-refractivity contribution in [2.75, 3.05) is 43.5 Å². The highest BCUT2D eigenvalue weighted by Crippen LogP contribution is 2.45. The van der Waals surface area contributed by atoms with E-state index in [2.05, 4.69) is 9.97 Å². The van der Waals surface area contributed by atoms with Crippen LogP contribution in [0.25, 0.3) is 22.2 Å². The Morgan fingerprint density at radius 3 is 2.68 bits per heavy atom. The first kappa shape index (κ1) is 24.7. The molecule has 3 N–H and O–H groups in total. The lowest BCUT2D eigenvalue weighted by Gasteiger charge is -2.31. The number of hydrogen-bond donors (Lipinski definition) is 2. The quantitative estimate of drug-likeness (QED) is 0.273. The maximum absolute atomic E-state index is 11.1. The topological polar surface area (TPSA) is 136 Å². The number of nitrogens with zero attached hydrogens (tertiary/aromatic N) is 5. The molecule has 12 heteroatoms. The molecule has 37 heavy (non-hydrogen) atoms. The summed E-state index contributed by atoms with van der Waals surface area (Å²) in [6.45, 7) is 1.15. The van der Waals surface area contributed by atoms with E-state index in [1.54, 1.807) is 33.5 Å². The Bertz CT molecular complexity index is 1490. The minimum absolute atomic E-state index is 0.305. The molecular weight excluding hydrogens is 496 g/mol. The van der Waals surface area contributed by atoms with Gasteiger partial charge in [-0.25, -0.2) is 10.0 Å². The third kappa shape index (κ3) is 4.61. The molecule has 1 atom stereocenters. The number of aromatic nitrogens is 3. The van der Waals surface area contributed by atoms with Crippen molar-refractivity contribution in [3.63, 3.8) is 0 Å². The van der Waals surface area contributed by atoms with E-state index < -0.39 is 11.4 Å². The highest BCUT2D eigenvalue weighted by atomic mass is 32.2. The third-order valence-electron chi connectivity index (χ3n) is 6.31. The highest BCUT2D eigenvalue weighted by Gasteiger charge is 2.26. The molecule has 0 radical (unpaired) electrons. The predicted octanol–water partition coefficient (Wildman–Crippen LogP) is 3.36. The number of anilines is 3. The summed E-state index contributed by atoms with van der Waals surface area (Å²) in [6.07, 6.45) is 2.36. The number of fused-ring (bicyclic) bond motifs is 2. The van der Waals surface area contributed by atoms with Gasteiger partial charge in [0.25, 0.3) is 0 Å². The Morgan fingerprint density at radius 2 is 1.97 bits per heavy atom. The second kappa shape index (κ2) is 10.2. The summed E-state index contributed by atoms with van der Waals surface area (Å²) in [6, 6.07) is 13.1. The van der Waals surface area contributed by atoms with Gasteiger partial charge in [-0.15, -0.1) is 4.28 Å². The van der Waals surface area contributed by atoms with Crippen molar-refractivity contribution in [2.24, 2.45) is 0 Å². The van der Waals surface area contributed by atoms with Crippen LogP contribution < -0.4 is 25.2 Å². The molecule has 5 rings (SSSR count). The second-order valence-corrected chi connectivity index (χ2v) is 8.96. The fraction of sp³-hybridized carbons (Fsp3) is 0.240. The number of hydrogen-bond acceptors (Lipinski definition) is 10. The molecule has 3 heterocycles. The van der Waals surface area contributed by atoms with Crippen LogP contribution in [0.2, 0.25) is 0 Å². The lowest BCUT2D eigenvalue weighted by Crippen LogP contribution is -2.33. The summed E-state index contributed by atoms with van der Waals surface area (Å²) < 4.78 is 36.5. The van der Waals surface area contributed by atoms with Gasteiger partial charge in [0.15, 0.2) is 11.5 Å². The first-order chi connectivity index (χ1) is 17.9. The van der Waals surface area contributed by atoms with E-state index in [0.717, 1.165) is 16.8 Å². The van der Waals surface area contributed by atoms with Crippen LogP contribution in [0.4, 0.5) is 17.5 Å². The van der Waals surface area contributed by atoms with Gasteiger partial charge < -0.3 is 20.1 Å². The number of pyridine rings is 1. The fourth-order valence-corrected chi connectivity index (χ4v) is 4.98. The molecule has 192 valence electrons. The summed E-state index contributed by atoms with van der Waals surface area (Å²) in [5.41, 5.74) is 11.3. The van der Waals surface area contributed by atoms with Gasteiger partial charge in [0.05, 0.1) is 42.1 Å². The number of methoxy groups -OCH3 is 2. The zero-order valence-corrected chi connectivity index (χ0v) is 21.4. The molecule has 0 amide bonds. The van der Waals surface area contributed by atoms with Gasteiger partial charge >= 0.3 is 11.4 Å². The van der Waals surface area contributed by atoms with Crippen LogP contribution in [-0.2, 0) is 28.6 Å². The number of nitrogen functional groups attached to an aromatic ring is 1. The van der Waals surface area contributed by atoms with E-state index in [4.69, 9.17) is 29.0 Å². The van der Waals surface area contributed by atoms with Crippen LogP contribution in [-0.4, -0.2) is 51.5 Å². The molecular formula is C25H26N6O5S. The Balaban J connectivity index is 1.57. The van der Waals surface area contributed by atoms with Crippen molar-refractivity contribution in [1.82, 2.24) is 15.0 Å². The predicted molar refractivity (Wildman–Crippen MR) is 142 cm³/mol. The molecule has 4 aromatic rings. The fourth-order valence-electron chi connectivity index (χ4n) is 4.71. The van der Waals surface area contributed by atoms with E-state index in [1.165, 1.54) is 5.06 Å². The molecule has 11 nitrogen and oxygen atoms in total. The van der Waals surface area contributed by atoms with Gasteiger partial charge in [-0.05, 0) is 35.7 Å². The van der Waals surface area contributed by atoms with Crippen LogP contribution in [0.1, 0.15) is 11.1 Å². The van der Waals surface area contributed by atoms with Crippen molar-refractivity contribution in [3.05, 3.63) is 59.8 Å². The molecule has 0 spiro atoms. The largest absolute Gasteiger partial charge is 0.493 e. The van der Waals surface area contributed by atoms with Gasteiger partial charge in [0.2, 0.25) is 5.95 Å². The maximum Gasteiger partial charge on any atom is 0.325 e. The highest BCUT2D eigenvalue weighted by molar-refractivity contribution is 7.74. The monoisotopic (exact) mass is 522 g/mol. The van der Waals surface area contributed by atoms with Crippen molar-refractivity contribution in [2.45, 2.75) is 13.0 Å². The summed E-state index contributed by atoms with van der Waals surface area (Å²) in [5.74, 6) is 1.81. The number of benzene rings is 2. The molecule has 0 bridgehead atoms. The lowest BCUT2D eigenvalue weighted by atomic mass is 9.98. The first-order valence-electron chi connectivity index (χ1n) is 11.4.